The Morgan fingerprint density at radius 1 is 1.12 bits per heavy atom. The lowest BCUT2D eigenvalue weighted by atomic mass is 9.72. The number of hydrogen-bond acceptors (Lipinski definition) is 2. The van der Waals surface area contributed by atoms with Crippen molar-refractivity contribution in [2.75, 3.05) is 13.1 Å². The van der Waals surface area contributed by atoms with Crippen molar-refractivity contribution in [1.82, 2.24) is 5.32 Å². The molecule has 0 radical (unpaired) electrons. The van der Waals surface area contributed by atoms with Crippen LogP contribution in [0.2, 0.25) is 0 Å². The highest BCUT2D eigenvalue weighted by molar-refractivity contribution is 6.02. The monoisotopic (exact) mass is 219 g/mol. The first-order valence-corrected chi connectivity index (χ1v) is 6.11. The maximum atomic E-state index is 12.2. The van der Waals surface area contributed by atoms with Gasteiger partial charge >= 0.3 is 0 Å². The van der Waals surface area contributed by atoms with Gasteiger partial charge in [0, 0.05) is 24.5 Å². The van der Waals surface area contributed by atoms with Crippen LogP contribution in [0.1, 0.15) is 34.1 Å². The van der Waals surface area contributed by atoms with E-state index in [4.69, 9.17) is 0 Å². The Bertz CT molecular complexity index is 382. The van der Waals surface area contributed by atoms with Crippen molar-refractivity contribution in [3.05, 3.63) is 22.3 Å². The standard InChI is InChI=1S/C14H21NO/c1-8(2)13-11-7-15-6-10(11)5-12(16)14(13)9(3)4/h10-11,15H,5-7H2,1-4H3. The van der Waals surface area contributed by atoms with Crippen molar-refractivity contribution < 1.29 is 4.79 Å². The first-order chi connectivity index (χ1) is 7.52. The summed E-state index contributed by atoms with van der Waals surface area (Å²) in [6, 6.07) is 0. The zero-order valence-corrected chi connectivity index (χ0v) is 10.7. The van der Waals surface area contributed by atoms with Gasteiger partial charge in [-0.05, 0) is 45.7 Å². The van der Waals surface area contributed by atoms with Crippen molar-refractivity contribution in [2.45, 2.75) is 34.1 Å². The van der Waals surface area contributed by atoms with Crippen molar-refractivity contribution in [2.24, 2.45) is 11.8 Å². The van der Waals surface area contributed by atoms with E-state index in [0.717, 1.165) is 25.1 Å². The van der Waals surface area contributed by atoms with Gasteiger partial charge in [-0.3, -0.25) is 4.79 Å². The maximum absolute atomic E-state index is 12.2. The molecule has 1 N–H and O–H groups in total. The highest BCUT2D eigenvalue weighted by atomic mass is 16.1. The molecule has 0 aromatic rings. The molecule has 1 aliphatic heterocycles. The number of nitrogens with one attached hydrogen (secondary N) is 1. The zero-order chi connectivity index (χ0) is 11.9. The Labute approximate surface area is 97.8 Å². The molecule has 0 spiro atoms. The molecular weight excluding hydrogens is 198 g/mol. The Balaban J connectivity index is 2.51. The Morgan fingerprint density at radius 2 is 1.81 bits per heavy atom. The molecule has 0 amide bonds. The van der Waals surface area contributed by atoms with Gasteiger partial charge in [-0.15, -0.1) is 0 Å². The summed E-state index contributed by atoms with van der Waals surface area (Å²) in [5, 5.41) is 3.42. The summed E-state index contributed by atoms with van der Waals surface area (Å²) in [5.41, 5.74) is 4.82. The van der Waals surface area contributed by atoms with Gasteiger partial charge < -0.3 is 5.32 Å². The van der Waals surface area contributed by atoms with Crippen LogP contribution in [0.5, 0.6) is 0 Å². The second-order valence-electron chi connectivity index (χ2n) is 5.44. The molecule has 1 saturated heterocycles. The van der Waals surface area contributed by atoms with Gasteiger partial charge in [0.2, 0.25) is 0 Å². The Kier molecular flexibility index (Phi) is 3.02. The molecule has 2 aliphatic rings. The van der Waals surface area contributed by atoms with Crippen molar-refractivity contribution in [1.29, 1.82) is 0 Å². The van der Waals surface area contributed by atoms with E-state index in [2.05, 4.69) is 33.0 Å². The molecule has 2 heteroatoms. The summed E-state index contributed by atoms with van der Waals surface area (Å²) in [7, 11) is 0. The summed E-state index contributed by atoms with van der Waals surface area (Å²) in [6.45, 7) is 10.4. The van der Waals surface area contributed by atoms with Crippen LogP contribution in [-0.2, 0) is 4.79 Å². The van der Waals surface area contributed by atoms with E-state index in [9.17, 15) is 4.79 Å². The van der Waals surface area contributed by atoms with Gasteiger partial charge in [0.1, 0.15) is 0 Å². The van der Waals surface area contributed by atoms with Gasteiger partial charge in [-0.2, -0.15) is 0 Å². The van der Waals surface area contributed by atoms with Crippen LogP contribution in [0.15, 0.2) is 22.3 Å². The Morgan fingerprint density at radius 3 is 2.38 bits per heavy atom. The summed E-state index contributed by atoms with van der Waals surface area (Å²) >= 11 is 0. The second-order valence-corrected chi connectivity index (χ2v) is 5.44. The van der Waals surface area contributed by atoms with Crippen LogP contribution in [0.25, 0.3) is 0 Å². The zero-order valence-electron chi connectivity index (χ0n) is 10.7. The number of Topliss-reactive ketones (excluding diaryl/α,β-unsaturated/α-hetero) is 1. The van der Waals surface area contributed by atoms with Gasteiger partial charge in [0.15, 0.2) is 5.78 Å². The number of carbonyl (C=O) groups is 1. The fraction of sp³-hybridized carbons (Fsp3) is 0.643. The SMILES string of the molecule is CC(C)=C1C(=O)CC2CNCC2C1=C(C)C. The van der Waals surface area contributed by atoms with Crippen LogP contribution in [-0.4, -0.2) is 18.9 Å². The normalized spacial score (nSPS) is 29.4. The topological polar surface area (TPSA) is 29.1 Å². The average molecular weight is 219 g/mol. The lowest BCUT2D eigenvalue weighted by Crippen LogP contribution is -2.29. The molecule has 0 aromatic carbocycles. The summed E-state index contributed by atoms with van der Waals surface area (Å²) in [5.74, 6) is 1.44. The predicted molar refractivity (Wildman–Crippen MR) is 66.2 cm³/mol. The number of hydrogen-bond donors (Lipinski definition) is 1. The first-order valence-electron chi connectivity index (χ1n) is 6.11. The molecule has 0 aromatic heterocycles. The lowest BCUT2D eigenvalue weighted by Gasteiger charge is -2.31. The van der Waals surface area contributed by atoms with Crippen LogP contribution in [0, 0.1) is 11.8 Å². The number of rotatable bonds is 0. The molecule has 2 fully saturated rings. The van der Waals surface area contributed by atoms with E-state index in [1.807, 2.05) is 0 Å². The molecule has 16 heavy (non-hydrogen) atoms. The van der Waals surface area contributed by atoms with E-state index >= 15 is 0 Å². The molecule has 2 rings (SSSR count). The van der Waals surface area contributed by atoms with E-state index in [-0.39, 0.29) is 0 Å². The minimum absolute atomic E-state index is 0.348. The van der Waals surface area contributed by atoms with Gasteiger partial charge in [-0.25, -0.2) is 0 Å². The number of allylic oxidation sites excluding steroid dienone is 3. The lowest BCUT2D eigenvalue weighted by molar-refractivity contribution is -0.117. The number of ketones is 1. The van der Waals surface area contributed by atoms with E-state index in [0.29, 0.717) is 17.6 Å². The third-order valence-electron chi connectivity index (χ3n) is 3.75. The highest BCUT2D eigenvalue weighted by Crippen LogP contribution is 2.40. The molecule has 1 saturated carbocycles. The second kappa shape index (κ2) is 4.17. The van der Waals surface area contributed by atoms with Gasteiger partial charge in [0.25, 0.3) is 0 Å². The van der Waals surface area contributed by atoms with Crippen LogP contribution in [0.4, 0.5) is 0 Å². The minimum Gasteiger partial charge on any atom is -0.316 e. The van der Waals surface area contributed by atoms with Crippen LogP contribution in [0.3, 0.4) is 0 Å². The molecule has 1 aliphatic carbocycles. The predicted octanol–water partition coefficient (Wildman–Crippen LogP) is 2.47. The van der Waals surface area contributed by atoms with Crippen LogP contribution >= 0.6 is 0 Å². The molecular formula is C14H21NO. The maximum Gasteiger partial charge on any atom is 0.163 e. The number of carbonyl (C=O) groups excluding carboxylic acids is 1. The number of fused-ring (bicyclic) bond motifs is 1. The molecule has 2 atom stereocenters. The minimum atomic E-state index is 0.348. The van der Waals surface area contributed by atoms with Gasteiger partial charge in [0.05, 0.1) is 0 Å². The van der Waals surface area contributed by atoms with E-state index in [1.54, 1.807) is 0 Å². The van der Waals surface area contributed by atoms with E-state index < -0.39 is 0 Å². The summed E-state index contributed by atoms with van der Waals surface area (Å²) in [6.07, 6.45) is 0.731. The molecule has 88 valence electrons. The first kappa shape index (κ1) is 11.6. The summed E-state index contributed by atoms with van der Waals surface area (Å²) < 4.78 is 0. The average Bonchev–Trinajstić information content (AvgIpc) is 2.61. The molecule has 2 nitrogen and oxygen atoms in total. The van der Waals surface area contributed by atoms with E-state index in [1.165, 1.54) is 16.7 Å². The van der Waals surface area contributed by atoms with Crippen molar-refractivity contribution in [3.63, 3.8) is 0 Å². The third kappa shape index (κ3) is 1.75. The largest absolute Gasteiger partial charge is 0.316 e. The summed E-state index contributed by atoms with van der Waals surface area (Å²) in [4.78, 5) is 12.2. The molecule has 0 bridgehead atoms. The highest BCUT2D eigenvalue weighted by Gasteiger charge is 2.39. The fourth-order valence-electron chi connectivity index (χ4n) is 3.13. The van der Waals surface area contributed by atoms with Crippen LogP contribution < -0.4 is 5.32 Å². The van der Waals surface area contributed by atoms with Gasteiger partial charge in [-0.1, -0.05) is 11.1 Å². The molecule has 2 unspecified atom stereocenters. The fourth-order valence-corrected chi connectivity index (χ4v) is 3.13. The van der Waals surface area contributed by atoms with Crippen molar-refractivity contribution >= 4 is 5.78 Å². The van der Waals surface area contributed by atoms with Crippen molar-refractivity contribution in [3.8, 4) is 0 Å². The smallest absolute Gasteiger partial charge is 0.163 e. The molecule has 1 heterocycles. The quantitative estimate of drug-likeness (QED) is 0.634. The third-order valence-corrected chi connectivity index (χ3v) is 3.75. The Hall–Kier alpha value is -0.890.